The Morgan fingerprint density at radius 3 is 2.43 bits per heavy atom. The third kappa shape index (κ3) is 4.39. The monoisotopic (exact) mass is 409 g/mol. The van der Waals surface area contributed by atoms with Gasteiger partial charge in [0.2, 0.25) is 0 Å². The number of ether oxygens (including phenoxy) is 2. The maximum atomic E-state index is 13.1. The molecule has 30 heavy (non-hydrogen) atoms. The number of fused-ring (bicyclic) bond motifs is 1. The van der Waals surface area contributed by atoms with E-state index >= 15 is 0 Å². The van der Waals surface area contributed by atoms with Gasteiger partial charge in [-0.2, -0.15) is 0 Å². The number of carbonyl (C=O) groups is 2. The molecule has 0 aliphatic carbocycles. The van der Waals surface area contributed by atoms with Crippen LogP contribution in [0.5, 0.6) is 5.75 Å². The summed E-state index contributed by atoms with van der Waals surface area (Å²) < 4.78 is 10.9. The number of benzene rings is 2. The molecule has 0 aromatic heterocycles. The summed E-state index contributed by atoms with van der Waals surface area (Å²) in [6, 6.07) is 12.1. The number of anilines is 1. The second-order valence-electron chi connectivity index (χ2n) is 7.75. The van der Waals surface area contributed by atoms with Gasteiger partial charge in [0.25, 0.3) is 5.91 Å². The maximum Gasteiger partial charge on any atom is 0.338 e. The maximum absolute atomic E-state index is 13.1. The molecule has 2 aromatic carbocycles. The fourth-order valence-corrected chi connectivity index (χ4v) is 3.74. The quantitative estimate of drug-likeness (QED) is 0.731. The minimum atomic E-state index is -0.582. The van der Waals surface area contributed by atoms with Crippen LogP contribution in [0.15, 0.2) is 48.5 Å². The van der Waals surface area contributed by atoms with Crippen LogP contribution >= 0.6 is 0 Å². The first-order valence-electron chi connectivity index (χ1n) is 9.93. The van der Waals surface area contributed by atoms with Crippen LogP contribution in [-0.2, 0) is 16.1 Å². The third-order valence-electron chi connectivity index (χ3n) is 5.04. The molecule has 0 saturated carbocycles. The molecule has 1 aliphatic heterocycles. The normalized spacial score (nSPS) is 14.6. The number of aliphatic hydroxyl groups excluding tert-OH is 1. The van der Waals surface area contributed by atoms with Crippen LogP contribution < -0.4 is 9.64 Å². The van der Waals surface area contributed by atoms with Crippen LogP contribution in [0.1, 0.15) is 49.2 Å². The standard InChI is InChI=1S/C24H27NO5/c1-5-29-19-10-11-21-20(12-19)16(2)13-24(3,4)25(21)22(27)15-30-23(28)18-8-6-17(14-26)7-9-18/h6-13,26H,5,14-15H2,1-4H3. The van der Waals surface area contributed by atoms with Crippen molar-refractivity contribution in [1.82, 2.24) is 0 Å². The van der Waals surface area contributed by atoms with E-state index in [1.807, 2.05) is 52.0 Å². The number of hydrogen-bond acceptors (Lipinski definition) is 5. The van der Waals surface area contributed by atoms with Crippen LogP contribution in [0.2, 0.25) is 0 Å². The predicted octanol–water partition coefficient (Wildman–Crippen LogP) is 3.96. The first-order valence-corrected chi connectivity index (χ1v) is 9.93. The number of aliphatic hydroxyl groups is 1. The van der Waals surface area contributed by atoms with E-state index in [1.165, 1.54) is 0 Å². The molecular weight excluding hydrogens is 382 g/mol. The summed E-state index contributed by atoms with van der Waals surface area (Å²) in [5.74, 6) is -0.148. The van der Waals surface area contributed by atoms with Gasteiger partial charge in [-0.15, -0.1) is 0 Å². The van der Waals surface area contributed by atoms with E-state index in [4.69, 9.17) is 14.6 Å². The highest BCUT2D eigenvalue weighted by Crippen LogP contribution is 2.40. The lowest BCUT2D eigenvalue weighted by atomic mass is 9.88. The number of esters is 1. The molecule has 1 amide bonds. The second kappa shape index (κ2) is 8.71. The minimum absolute atomic E-state index is 0.102. The summed E-state index contributed by atoms with van der Waals surface area (Å²) in [6.07, 6.45) is 2.03. The largest absolute Gasteiger partial charge is 0.494 e. The van der Waals surface area contributed by atoms with Gasteiger partial charge >= 0.3 is 5.97 Å². The molecule has 6 nitrogen and oxygen atoms in total. The van der Waals surface area contributed by atoms with E-state index in [0.717, 1.165) is 22.6 Å². The van der Waals surface area contributed by atoms with E-state index in [1.54, 1.807) is 29.2 Å². The zero-order chi connectivity index (χ0) is 21.9. The average molecular weight is 409 g/mol. The Morgan fingerprint density at radius 2 is 1.80 bits per heavy atom. The van der Waals surface area contributed by atoms with Gasteiger partial charge < -0.3 is 14.6 Å². The molecule has 0 unspecified atom stereocenters. The number of allylic oxidation sites excluding steroid dienone is 1. The SMILES string of the molecule is CCOc1ccc2c(c1)C(C)=CC(C)(C)N2C(=O)COC(=O)c1ccc(CO)cc1. The van der Waals surface area contributed by atoms with Crippen molar-refractivity contribution in [2.45, 2.75) is 39.8 Å². The molecule has 2 aromatic rings. The van der Waals surface area contributed by atoms with Gasteiger partial charge in [0.1, 0.15) is 5.75 Å². The molecule has 158 valence electrons. The van der Waals surface area contributed by atoms with E-state index < -0.39 is 11.5 Å². The van der Waals surface area contributed by atoms with Gasteiger partial charge in [-0.1, -0.05) is 18.2 Å². The molecule has 0 spiro atoms. The van der Waals surface area contributed by atoms with Crippen molar-refractivity contribution in [3.05, 3.63) is 65.2 Å². The summed E-state index contributed by atoms with van der Waals surface area (Å²) in [6.45, 7) is 7.91. The Balaban J connectivity index is 1.79. The predicted molar refractivity (Wildman–Crippen MR) is 115 cm³/mol. The fraction of sp³-hybridized carbons (Fsp3) is 0.333. The molecule has 1 heterocycles. The van der Waals surface area contributed by atoms with E-state index in [-0.39, 0.29) is 19.1 Å². The summed E-state index contributed by atoms with van der Waals surface area (Å²) in [4.78, 5) is 27.1. The fourth-order valence-electron chi connectivity index (χ4n) is 3.74. The number of carbonyl (C=O) groups excluding carboxylic acids is 2. The molecule has 1 N–H and O–H groups in total. The van der Waals surface area contributed by atoms with Crippen LogP contribution in [-0.4, -0.2) is 35.7 Å². The van der Waals surface area contributed by atoms with Crippen molar-refractivity contribution < 1.29 is 24.2 Å². The highest BCUT2D eigenvalue weighted by atomic mass is 16.5. The van der Waals surface area contributed by atoms with Gasteiger partial charge in [0.15, 0.2) is 6.61 Å². The van der Waals surface area contributed by atoms with Crippen molar-refractivity contribution in [3.63, 3.8) is 0 Å². The van der Waals surface area contributed by atoms with E-state index in [2.05, 4.69) is 0 Å². The molecule has 6 heteroatoms. The van der Waals surface area contributed by atoms with Gasteiger partial charge in [-0.3, -0.25) is 9.69 Å². The molecule has 0 fully saturated rings. The van der Waals surface area contributed by atoms with Crippen molar-refractivity contribution in [2.24, 2.45) is 0 Å². The van der Waals surface area contributed by atoms with Crippen LogP contribution in [0, 0.1) is 0 Å². The topological polar surface area (TPSA) is 76.1 Å². The highest BCUT2D eigenvalue weighted by Gasteiger charge is 2.36. The Kier molecular flexibility index (Phi) is 6.27. The minimum Gasteiger partial charge on any atom is -0.494 e. The zero-order valence-corrected chi connectivity index (χ0v) is 17.8. The summed E-state index contributed by atoms with van der Waals surface area (Å²) >= 11 is 0. The lowest BCUT2D eigenvalue weighted by Gasteiger charge is -2.41. The van der Waals surface area contributed by atoms with Crippen LogP contribution in [0.4, 0.5) is 5.69 Å². The molecule has 3 rings (SSSR count). The van der Waals surface area contributed by atoms with Crippen molar-refractivity contribution in [1.29, 1.82) is 0 Å². The number of hydrogen-bond donors (Lipinski definition) is 1. The van der Waals surface area contributed by atoms with E-state index in [9.17, 15) is 9.59 Å². The Hall–Kier alpha value is -3.12. The molecule has 0 saturated heterocycles. The highest BCUT2D eigenvalue weighted by molar-refractivity contribution is 6.02. The number of nitrogens with zero attached hydrogens (tertiary/aromatic N) is 1. The average Bonchev–Trinajstić information content (AvgIpc) is 2.72. The van der Waals surface area contributed by atoms with Crippen molar-refractivity contribution in [3.8, 4) is 5.75 Å². The van der Waals surface area contributed by atoms with Gasteiger partial charge in [-0.25, -0.2) is 4.79 Å². The lowest BCUT2D eigenvalue weighted by Crippen LogP contribution is -2.50. The summed E-state index contributed by atoms with van der Waals surface area (Å²) in [7, 11) is 0. The molecule has 1 aliphatic rings. The van der Waals surface area contributed by atoms with Crippen LogP contribution in [0.3, 0.4) is 0 Å². The third-order valence-corrected chi connectivity index (χ3v) is 5.04. The zero-order valence-electron chi connectivity index (χ0n) is 17.8. The van der Waals surface area contributed by atoms with Gasteiger partial charge in [0, 0.05) is 5.56 Å². The second-order valence-corrected chi connectivity index (χ2v) is 7.75. The molecule has 0 atom stereocenters. The molecule has 0 bridgehead atoms. The molecular formula is C24H27NO5. The van der Waals surface area contributed by atoms with E-state index in [0.29, 0.717) is 17.7 Å². The van der Waals surface area contributed by atoms with Gasteiger partial charge in [-0.05, 0) is 69.2 Å². The summed E-state index contributed by atoms with van der Waals surface area (Å²) in [5.41, 5.74) is 3.19. The Labute approximate surface area is 176 Å². The Morgan fingerprint density at radius 1 is 1.10 bits per heavy atom. The lowest BCUT2D eigenvalue weighted by molar-refractivity contribution is -0.122. The first kappa shape index (κ1) is 21.6. The molecule has 0 radical (unpaired) electrons. The smallest absolute Gasteiger partial charge is 0.338 e. The Bertz CT molecular complexity index is 976. The number of amides is 1. The van der Waals surface area contributed by atoms with Gasteiger partial charge in [0.05, 0.1) is 30.0 Å². The van der Waals surface area contributed by atoms with Crippen LogP contribution in [0.25, 0.3) is 5.57 Å². The number of rotatable bonds is 6. The van der Waals surface area contributed by atoms with Crippen molar-refractivity contribution >= 4 is 23.1 Å². The van der Waals surface area contributed by atoms with Crippen molar-refractivity contribution in [2.75, 3.05) is 18.1 Å². The first-order chi connectivity index (χ1) is 14.3. The summed E-state index contributed by atoms with van der Waals surface area (Å²) in [5, 5.41) is 9.10.